The molecule has 1 aromatic heterocycles. The number of aromatic nitrogens is 4. The van der Waals surface area contributed by atoms with Crippen molar-refractivity contribution in [3.8, 4) is 0 Å². The first-order chi connectivity index (χ1) is 11.7. The molecule has 0 unspecified atom stereocenters. The molecule has 0 saturated carbocycles. The van der Waals surface area contributed by atoms with Gasteiger partial charge < -0.3 is 5.32 Å². The largest absolute Gasteiger partial charge is 0.325 e. The van der Waals surface area contributed by atoms with Crippen LogP contribution in [0.3, 0.4) is 0 Å². The Morgan fingerprint density at radius 2 is 2.12 bits per heavy atom. The quantitative estimate of drug-likeness (QED) is 0.845. The van der Waals surface area contributed by atoms with E-state index in [4.69, 9.17) is 0 Å². The minimum absolute atomic E-state index is 0.0849. The van der Waals surface area contributed by atoms with Crippen molar-refractivity contribution in [2.24, 2.45) is 0 Å². The van der Waals surface area contributed by atoms with Gasteiger partial charge in [0.25, 0.3) is 5.91 Å². The van der Waals surface area contributed by atoms with E-state index in [-0.39, 0.29) is 18.5 Å². The molecule has 1 atom stereocenters. The van der Waals surface area contributed by atoms with Crippen LogP contribution in [0.25, 0.3) is 0 Å². The molecule has 8 nitrogen and oxygen atoms in total. The predicted molar refractivity (Wildman–Crippen MR) is 83.6 cm³/mol. The average molecular weight is 326 g/mol. The number of hydrogen-bond donors (Lipinski definition) is 1. The Balaban J connectivity index is 1.64. The summed E-state index contributed by atoms with van der Waals surface area (Å²) >= 11 is 0. The van der Waals surface area contributed by atoms with E-state index in [2.05, 4.69) is 20.8 Å². The summed E-state index contributed by atoms with van der Waals surface area (Å²) in [6, 6.07) is 7.40. The molecule has 8 heteroatoms. The lowest BCUT2D eigenvalue weighted by Gasteiger charge is -2.22. The molecule has 24 heavy (non-hydrogen) atoms. The number of nitrogens with one attached hydrogen (secondary N) is 1. The highest BCUT2D eigenvalue weighted by molar-refractivity contribution is 6.08. The van der Waals surface area contributed by atoms with Gasteiger partial charge in [0.2, 0.25) is 0 Å². The molecule has 1 aromatic carbocycles. The number of fused-ring (bicyclic) bond motifs is 2. The lowest BCUT2D eigenvalue weighted by molar-refractivity contribution is -0.132. The van der Waals surface area contributed by atoms with Gasteiger partial charge in [-0.3, -0.25) is 9.69 Å². The normalized spacial score (nSPS) is 22.3. The molecule has 1 fully saturated rings. The van der Waals surface area contributed by atoms with E-state index in [0.29, 0.717) is 18.8 Å². The highest BCUT2D eigenvalue weighted by atomic mass is 16.2. The lowest BCUT2D eigenvalue weighted by Crippen LogP contribution is -2.41. The molecular weight excluding hydrogens is 308 g/mol. The second kappa shape index (κ2) is 5.40. The summed E-state index contributed by atoms with van der Waals surface area (Å²) in [6.45, 7) is 2.76. The summed E-state index contributed by atoms with van der Waals surface area (Å²) in [7, 11) is 0. The number of aryl methyl sites for hydroxylation is 2. The highest BCUT2D eigenvalue weighted by Crippen LogP contribution is 2.41. The van der Waals surface area contributed by atoms with E-state index in [1.807, 2.05) is 31.2 Å². The van der Waals surface area contributed by atoms with Gasteiger partial charge in [0.1, 0.15) is 5.54 Å². The van der Waals surface area contributed by atoms with E-state index in [1.165, 1.54) is 4.90 Å². The van der Waals surface area contributed by atoms with Crippen LogP contribution in [0.2, 0.25) is 0 Å². The third-order valence-corrected chi connectivity index (χ3v) is 4.76. The molecular formula is C16H18N6O2. The molecule has 1 saturated heterocycles. The van der Waals surface area contributed by atoms with Crippen molar-refractivity contribution < 1.29 is 9.59 Å². The topological polar surface area (TPSA) is 93.0 Å². The molecule has 1 aliphatic heterocycles. The second-order valence-electron chi connectivity index (χ2n) is 6.20. The third-order valence-electron chi connectivity index (χ3n) is 4.76. The number of benzene rings is 1. The van der Waals surface area contributed by atoms with Crippen molar-refractivity contribution in [2.45, 2.75) is 44.8 Å². The van der Waals surface area contributed by atoms with Crippen LogP contribution in [-0.4, -0.2) is 37.0 Å². The van der Waals surface area contributed by atoms with Crippen LogP contribution in [0.4, 0.5) is 4.79 Å². The molecule has 3 amide bonds. The van der Waals surface area contributed by atoms with E-state index < -0.39 is 5.54 Å². The Morgan fingerprint density at radius 3 is 2.96 bits per heavy atom. The zero-order chi connectivity index (χ0) is 16.7. The Morgan fingerprint density at radius 1 is 1.29 bits per heavy atom. The molecule has 1 spiro atoms. The average Bonchev–Trinajstić information content (AvgIpc) is 3.24. The predicted octanol–water partition coefficient (Wildman–Crippen LogP) is 0.977. The maximum Gasteiger partial charge on any atom is 0.325 e. The maximum atomic E-state index is 13.1. The van der Waals surface area contributed by atoms with Crippen LogP contribution in [0.5, 0.6) is 0 Å². The van der Waals surface area contributed by atoms with Crippen LogP contribution in [0, 0.1) is 0 Å². The second-order valence-corrected chi connectivity index (χ2v) is 6.20. The summed E-state index contributed by atoms with van der Waals surface area (Å²) in [5.41, 5.74) is 1.08. The van der Waals surface area contributed by atoms with Gasteiger partial charge in [-0.15, -0.1) is 5.10 Å². The van der Waals surface area contributed by atoms with Gasteiger partial charge in [-0.1, -0.05) is 31.2 Å². The molecule has 2 heterocycles. The zero-order valence-corrected chi connectivity index (χ0v) is 13.4. The van der Waals surface area contributed by atoms with E-state index in [0.717, 1.165) is 24.0 Å². The Labute approximate surface area is 138 Å². The molecule has 1 aliphatic carbocycles. The first-order valence-electron chi connectivity index (χ1n) is 8.13. The minimum Gasteiger partial charge on any atom is -0.319 e. The summed E-state index contributed by atoms with van der Waals surface area (Å²) in [5.74, 6) is 0.298. The van der Waals surface area contributed by atoms with E-state index in [1.54, 1.807) is 4.68 Å². The fourth-order valence-electron chi connectivity index (χ4n) is 3.60. The lowest BCUT2D eigenvalue weighted by atomic mass is 9.92. The van der Waals surface area contributed by atoms with Crippen molar-refractivity contribution in [1.29, 1.82) is 0 Å². The monoisotopic (exact) mass is 326 g/mol. The maximum absolute atomic E-state index is 13.1. The van der Waals surface area contributed by atoms with Crippen LogP contribution < -0.4 is 5.32 Å². The van der Waals surface area contributed by atoms with Crippen LogP contribution in [0.1, 0.15) is 36.7 Å². The fourth-order valence-corrected chi connectivity index (χ4v) is 3.60. The molecule has 2 aromatic rings. The molecule has 4 rings (SSSR count). The number of amides is 3. The number of tetrazole rings is 1. The number of rotatable bonds is 4. The molecule has 124 valence electrons. The number of urea groups is 1. The van der Waals surface area contributed by atoms with Gasteiger partial charge in [0.05, 0.1) is 6.54 Å². The van der Waals surface area contributed by atoms with Gasteiger partial charge in [-0.05, 0) is 40.8 Å². The summed E-state index contributed by atoms with van der Waals surface area (Å²) in [4.78, 5) is 26.8. The van der Waals surface area contributed by atoms with Crippen molar-refractivity contribution in [1.82, 2.24) is 30.4 Å². The Kier molecular flexibility index (Phi) is 3.33. The Hall–Kier alpha value is -2.77. The van der Waals surface area contributed by atoms with Crippen LogP contribution >= 0.6 is 0 Å². The molecule has 1 N–H and O–H groups in total. The van der Waals surface area contributed by atoms with Crippen molar-refractivity contribution >= 4 is 11.9 Å². The molecule has 0 radical (unpaired) electrons. The first kappa shape index (κ1) is 14.8. The van der Waals surface area contributed by atoms with Crippen molar-refractivity contribution in [2.75, 3.05) is 0 Å². The van der Waals surface area contributed by atoms with Gasteiger partial charge in [-0.2, -0.15) is 0 Å². The van der Waals surface area contributed by atoms with E-state index >= 15 is 0 Å². The van der Waals surface area contributed by atoms with Crippen LogP contribution in [0.15, 0.2) is 24.3 Å². The van der Waals surface area contributed by atoms with Crippen molar-refractivity contribution in [3.63, 3.8) is 0 Å². The fraction of sp³-hybridized carbons (Fsp3) is 0.438. The van der Waals surface area contributed by atoms with Gasteiger partial charge in [0.15, 0.2) is 5.82 Å². The number of imide groups is 1. The molecule has 2 aliphatic rings. The standard InChI is InChI=1S/C16H18N6O2/c1-2-9-22-13(18-19-20-22)10-21-14(23)16(17-15(21)24)8-7-11-5-3-4-6-12(11)16/h3-6H,2,7-10H2,1H3,(H,17,24)/t16-/m1/s1. The summed E-state index contributed by atoms with van der Waals surface area (Å²) < 4.78 is 1.63. The summed E-state index contributed by atoms with van der Waals surface area (Å²) in [5, 5.41) is 14.4. The Bertz CT molecular complexity index is 816. The smallest absolute Gasteiger partial charge is 0.319 e. The highest BCUT2D eigenvalue weighted by Gasteiger charge is 2.55. The van der Waals surface area contributed by atoms with E-state index in [9.17, 15) is 9.59 Å². The minimum atomic E-state index is -0.934. The number of nitrogens with zero attached hydrogens (tertiary/aromatic N) is 5. The number of hydrogen-bond acceptors (Lipinski definition) is 5. The van der Waals surface area contributed by atoms with Crippen molar-refractivity contribution in [3.05, 3.63) is 41.2 Å². The first-order valence-corrected chi connectivity index (χ1v) is 8.13. The van der Waals surface area contributed by atoms with Gasteiger partial charge in [0, 0.05) is 6.54 Å². The number of carbonyl (C=O) groups is 2. The SMILES string of the molecule is CCCn1nnnc1CN1C(=O)N[C@@]2(CCc3ccccc32)C1=O. The zero-order valence-electron chi connectivity index (χ0n) is 13.4. The van der Waals surface area contributed by atoms with Gasteiger partial charge in [-0.25, -0.2) is 9.48 Å². The number of carbonyl (C=O) groups excluding carboxylic acids is 2. The van der Waals surface area contributed by atoms with Gasteiger partial charge >= 0.3 is 6.03 Å². The third kappa shape index (κ3) is 2.02. The molecule has 0 bridgehead atoms. The van der Waals surface area contributed by atoms with Crippen LogP contribution in [-0.2, 0) is 29.8 Å². The summed E-state index contributed by atoms with van der Waals surface area (Å²) in [6.07, 6.45) is 2.24.